The predicted molar refractivity (Wildman–Crippen MR) is 121 cm³/mol. The zero-order chi connectivity index (χ0) is 27.4. The molecule has 0 radical (unpaired) electrons. The first-order valence-electron chi connectivity index (χ1n) is 10.9. The molecule has 1 aromatic heterocycles. The first-order chi connectivity index (χ1) is 16.8. The first kappa shape index (κ1) is 30.0. The van der Waals surface area contributed by atoms with E-state index in [0.717, 1.165) is 0 Å². The molecule has 0 fully saturated rings. The fourth-order valence-electron chi connectivity index (χ4n) is 2.94. The summed E-state index contributed by atoms with van der Waals surface area (Å²) in [5.41, 5.74) is 11.1. The van der Waals surface area contributed by atoms with Crippen molar-refractivity contribution >= 4 is 35.6 Å². The van der Waals surface area contributed by atoms with E-state index in [1.54, 1.807) is 0 Å². The Hall–Kier alpha value is -4.05. The van der Waals surface area contributed by atoms with E-state index in [2.05, 4.69) is 25.9 Å². The number of nitrogens with zero attached hydrogens (tertiary/aromatic N) is 1. The van der Waals surface area contributed by atoms with Gasteiger partial charge in [0.25, 0.3) is 0 Å². The van der Waals surface area contributed by atoms with Gasteiger partial charge in [-0.15, -0.1) is 0 Å². The lowest BCUT2D eigenvalue weighted by Gasteiger charge is -2.25. The fourth-order valence-corrected chi connectivity index (χ4v) is 2.94. The van der Waals surface area contributed by atoms with E-state index < -0.39 is 78.7 Å². The van der Waals surface area contributed by atoms with Gasteiger partial charge in [0.15, 0.2) is 0 Å². The predicted octanol–water partition coefficient (Wildman–Crippen LogP) is -3.67. The molecule has 16 heteroatoms. The van der Waals surface area contributed by atoms with E-state index >= 15 is 0 Å². The highest BCUT2D eigenvalue weighted by Gasteiger charge is 2.31. The molecule has 1 aromatic rings. The van der Waals surface area contributed by atoms with Crippen molar-refractivity contribution in [1.82, 2.24) is 25.9 Å². The Kier molecular flexibility index (Phi) is 12.0. The second kappa shape index (κ2) is 14.4. The number of imidazole rings is 1. The molecule has 0 saturated heterocycles. The van der Waals surface area contributed by atoms with Gasteiger partial charge < -0.3 is 47.7 Å². The molecule has 0 aromatic carbocycles. The Morgan fingerprint density at radius 2 is 1.50 bits per heavy atom. The van der Waals surface area contributed by atoms with Crippen molar-refractivity contribution in [2.75, 3.05) is 0 Å². The SMILES string of the molecule is CC(O)C(N)C(=O)NC(CCC(N)=O)C(=O)NC(Cc1cnc[nH]1)C(=O)NC(CCC(=O)O)C(=O)O. The van der Waals surface area contributed by atoms with Gasteiger partial charge in [0.05, 0.1) is 12.4 Å². The van der Waals surface area contributed by atoms with Crippen molar-refractivity contribution < 1.29 is 44.1 Å². The third-order valence-electron chi connectivity index (χ3n) is 5.01. The maximum atomic E-state index is 13.0. The molecule has 1 heterocycles. The number of amides is 4. The molecule has 0 bridgehead atoms. The summed E-state index contributed by atoms with van der Waals surface area (Å²) in [4.78, 5) is 78.2. The third kappa shape index (κ3) is 10.5. The number of nitrogens with one attached hydrogen (secondary N) is 4. The number of aromatic amines is 1. The van der Waals surface area contributed by atoms with Gasteiger partial charge in [-0.1, -0.05) is 0 Å². The minimum atomic E-state index is -1.55. The molecule has 200 valence electrons. The Morgan fingerprint density at radius 1 is 0.944 bits per heavy atom. The Balaban J connectivity index is 3.09. The third-order valence-corrected chi connectivity index (χ3v) is 5.01. The number of nitrogens with two attached hydrogens (primary N) is 2. The van der Waals surface area contributed by atoms with Crippen LogP contribution in [0.3, 0.4) is 0 Å². The standard InChI is InChI=1S/C20H31N7O9/c1-9(28)16(22)19(34)25-11(2-4-14(21)29)17(32)27-13(6-10-7-23-8-24-10)18(33)26-12(20(35)36)3-5-15(30)31/h7-9,11-13,16,28H,2-6,22H2,1H3,(H2,21,29)(H,23,24)(H,25,34)(H,26,33)(H,27,32)(H,30,31)(H,35,36). The maximum absolute atomic E-state index is 13.0. The lowest BCUT2D eigenvalue weighted by molar-refractivity contribution is -0.143. The number of carboxylic acids is 2. The van der Waals surface area contributed by atoms with E-state index in [0.29, 0.717) is 5.69 Å². The monoisotopic (exact) mass is 513 g/mol. The normalized spacial score (nSPS) is 15.0. The van der Waals surface area contributed by atoms with Gasteiger partial charge in [0.1, 0.15) is 24.2 Å². The van der Waals surface area contributed by atoms with Crippen molar-refractivity contribution in [3.8, 4) is 0 Å². The first-order valence-corrected chi connectivity index (χ1v) is 10.9. The molecular formula is C20H31N7O9. The summed E-state index contributed by atoms with van der Waals surface area (Å²) in [5.74, 6) is -6.27. The summed E-state index contributed by atoms with van der Waals surface area (Å²) in [5, 5.41) is 34.5. The van der Waals surface area contributed by atoms with Crippen LogP contribution in [0.15, 0.2) is 12.5 Å². The molecule has 5 atom stereocenters. The zero-order valence-corrected chi connectivity index (χ0v) is 19.5. The number of hydrogen-bond acceptors (Lipinski definition) is 9. The van der Waals surface area contributed by atoms with Crippen LogP contribution < -0.4 is 27.4 Å². The largest absolute Gasteiger partial charge is 0.481 e. The van der Waals surface area contributed by atoms with E-state index in [-0.39, 0.29) is 19.3 Å². The number of aromatic nitrogens is 2. The van der Waals surface area contributed by atoms with Gasteiger partial charge in [0, 0.05) is 31.2 Å². The van der Waals surface area contributed by atoms with Crippen LogP contribution in [0.25, 0.3) is 0 Å². The minimum absolute atomic E-state index is 0.174. The summed E-state index contributed by atoms with van der Waals surface area (Å²) in [6.07, 6.45) is -0.250. The van der Waals surface area contributed by atoms with Crippen molar-refractivity contribution in [2.24, 2.45) is 11.5 Å². The van der Waals surface area contributed by atoms with Crippen LogP contribution in [0.5, 0.6) is 0 Å². The van der Waals surface area contributed by atoms with Crippen LogP contribution in [-0.4, -0.2) is 91.1 Å². The highest BCUT2D eigenvalue weighted by atomic mass is 16.4. The van der Waals surface area contributed by atoms with Crippen LogP contribution >= 0.6 is 0 Å². The van der Waals surface area contributed by atoms with Gasteiger partial charge in [-0.3, -0.25) is 24.0 Å². The summed E-state index contributed by atoms with van der Waals surface area (Å²) in [6.45, 7) is 1.26. The lowest BCUT2D eigenvalue weighted by Crippen LogP contribution is -2.58. The Labute approximate surface area is 205 Å². The second-order valence-electron chi connectivity index (χ2n) is 8.01. The van der Waals surface area contributed by atoms with Crippen LogP contribution in [0.2, 0.25) is 0 Å². The molecule has 0 aliphatic heterocycles. The lowest BCUT2D eigenvalue weighted by atomic mass is 10.1. The number of aliphatic hydroxyl groups excluding tert-OH is 1. The smallest absolute Gasteiger partial charge is 0.326 e. The highest BCUT2D eigenvalue weighted by molar-refractivity contribution is 5.94. The summed E-state index contributed by atoms with van der Waals surface area (Å²) < 4.78 is 0. The molecule has 5 unspecified atom stereocenters. The Morgan fingerprint density at radius 3 is 2.00 bits per heavy atom. The zero-order valence-electron chi connectivity index (χ0n) is 19.5. The number of primary amides is 1. The van der Waals surface area contributed by atoms with Crippen LogP contribution in [0, 0.1) is 0 Å². The average Bonchev–Trinajstić information content (AvgIpc) is 3.30. The molecular weight excluding hydrogens is 482 g/mol. The molecule has 36 heavy (non-hydrogen) atoms. The van der Waals surface area contributed by atoms with Gasteiger partial charge in [-0.25, -0.2) is 9.78 Å². The summed E-state index contributed by atoms with van der Waals surface area (Å²) >= 11 is 0. The number of aliphatic carboxylic acids is 2. The number of rotatable bonds is 16. The maximum Gasteiger partial charge on any atom is 0.326 e. The second-order valence-corrected chi connectivity index (χ2v) is 8.01. The molecule has 4 amide bonds. The van der Waals surface area contributed by atoms with E-state index in [9.17, 15) is 39.0 Å². The van der Waals surface area contributed by atoms with Crippen molar-refractivity contribution in [2.45, 2.75) is 69.3 Å². The number of carbonyl (C=O) groups is 6. The average molecular weight is 514 g/mol. The molecule has 0 aliphatic carbocycles. The molecule has 16 nitrogen and oxygen atoms in total. The quantitative estimate of drug-likeness (QED) is 0.104. The van der Waals surface area contributed by atoms with Crippen LogP contribution in [-0.2, 0) is 35.2 Å². The van der Waals surface area contributed by atoms with E-state index in [4.69, 9.17) is 16.6 Å². The summed E-state index contributed by atoms with van der Waals surface area (Å²) in [7, 11) is 0. The molecule has 1 rings (SSSR count). The van der Waals surface area contributed by atoms with Gasteiger partial charge in [-0.2, -0.15) is 0 Å². The van der Waals surface area contributed by atoms with Crippen molar-refractivity contribution in [1.29, 1.82) is 0 Å². The van der Waals surface area contributed by atoms with Crippen molar-refractivity contribution in [3.63, 3.8) is 0 Å². The topological polar surface area (TPSA) is 280 Å². The van der Waals surface area contributed by atoms with Crippen molar-refractivity contribution in [3.05, 3.63) is 18.2 Å². The number of aliphatic hydroxyl groups is 1. The van der Waals surface area contributed by atoms with Gasteiger partial charge in [-0.05, 0) is 19.8 Å². The Bertz CT molecular complexity index is 936. The number of H-pyrrole nitrogens is 1. The molecule has 11 N–H and O–H groups in total. The van der Waals surface area contributed by atoms with Gasteiger partial charge in [0.2, 0.25) is 23.6 Å². The molecule has 0 spiro atoms. The fraction of sp³-hybridized carbons (Fsp3) is 0.550. The summed E-state index contributed by atoms with van der Waals surface area (Å²) in [6, 6.07) is -5.70. The van der Waals surface area contributed by atoms with Crippen LogP contribution in [0.4, 0.5) is 0 Å². The highest BCUT2D eigenvalue weighted by Crippen LogP contribution is 2.06. The number of hydrogen-bond donors (Lipinski definition) is 9. The number of carbonyl (C=O) groups excluding carboxylic acids is 4. The molecule has 0 aliphatic rings. The number of carboxylic acid groups (broad SMARTS) is 2. The van der Waals surface area contributed by atoms with Gasteiger partial charge >= 0.3 is 11.9 Å². The van der Waals surface area contributed by atoms with E-state index in [1.165, 1.54) is 19.4 Å². The van der Waals surface area contributed by atoms with Crippen LogP contribution in [0.1, 0.15) is 38.3 Å². The molecule has 0 saturated carbocycles. The minimum Gasteiger partial charge on any atom is -0.481 e. The van der Waals surface area contributed by atoms with E-state index in [1.807, 2.05) is 0 Å².